The first-order valence-electron chi connectivity index (χ1n) is 8.11. The molecule has 0 saturated heterocycles. The molecule has 124 valence electrons. The van der Waals surface area contributed by atoms with Crippen molar-refractivity contribution < 1.29 is 19.7 Å². The Morgan fingerprint density at radius 2 is 1.92 bits per heavy atom. The van der Waals surface area contributed by atoms with E-state index >= 15 is 0 Å². The lowest BCUT2D eigenvalue weighted by Crippen LogP contribution is -2.01. The first-order valence-corrected chi connectivity index (χ1v) is 8.11. The van der Waals surface area contributed by atoms with E-state index < -0.39 is 6.10 Å². The van der Waals surface area contributed by atoms with E-state index in [9.17, 15) is 15.0 Å². The monoisotopic (exact) mass is 324 g/mol. The zero-order valence-electron chi connectivity index (χ0n) is 13.3. The molecule has 0 fully saturated rings. The van der Waals surface area contributed by atoms with Crippen LogP contribution in [-0.4, -0.2) is 22.6 Å². The number of benzene rings is 2. The molecule has 0 spiro atoms. The number of hydrogen-bond acceptors (Lipinski definition) is 4. The Morgan fingerprint density at radius 3 is 2.67 bits per heavy atom. The largest absolute Gasteiger partial charge is 0.507 e. The molecule has 4 rings (SSSR count). The SMILES string of the molecule is O=Cc1c(O)cc2cc1Oc1ccc(cc1)CCCC[C@@H](O)/C=C\2. The molecule has 0 unspecified atom stereocenters. The fourth-order valence-electron chi connectivity index (χ4n) is 2.78. The Morgan fingerprint density at radius 1 is 1.12 bits per heavy atom. The van der Waals surface area contributed by atoms with Crippen molar-refractivity contribution in [2.24, 2.45) is 0 Å². The molecule has 4 heteroatoms. The zero-order valence-corrected chi connectivity index (χ0v) is 13.3. The smallest absolute Gasteiger partial charge is 0.157 e. The van der Waals surface area contributed by atoms with Gasteiger partial charge in [-0.25, -0.2) is 0 Å². The molecular weight excluding hydrogens is 304 g/mol. The van der Waals surface area contributed by atoms with Crippen LogP contribution in [0.5, 0.6) is 17.2 Å². The van der Waals surface area contributed by atoms with Gasteiger partial charge in [-0.15, -0.1) is 0 Å². The van der Waals surface area contributed by atoms with Crippen molar-refractivity contribution in [1.29, 1.82) is 0 Å². The fourth-order valence-corrected chi connectivity index (χ4v) is 2.78. The quantitative estimate of drug-likeness (QED) is 0.775. The lowest BCUT2D eigenvalue weighted by Gasteiger charge is -2.11. The molecule has 2 N–H and O–H groups in total. The van der Waals surface area contributed by atoms with Crippen molar-refractivity contribution in [1.82, 2.24) is 0 Å². The van der Waals surface area contributed by atoms with Gasteiger partial charge in [-0.2, -0.15) is 0 Å². The highest BCUT2D eigenvalue weighted by molar-refractivity contribution is 5.85. The average Bonchev–Trinajstić information content (AvgIpc) is 2.58. The van der Waals surface area contributed by atoms with Gasteiger partial charge in [-0.3, -0.25) is 4.79 Å². The highest BCUT2D eigenvalue weighted by Crippen LogP contribution is 2.33. The van der Waals surface area contributed by atoms with E-state index in [1.54, 1.807) is 18.2 Å². The number of aldehydes is 1. The van der Waals surface area contributed by atoms with Crippen LogP contribution in [0, 0.1) is 0 Å². The maximum absolute atomic E-state index is 11.3. The van der Waals surface area contributed by atoms with Gasteiger partial charge in [-0.1, -0.05) is 30.7 Å². The molecule has 2 aliphatic rings. The van der Waals surface area contributed by atoms with Gasteiger partial charge in [-0.05, 0) is 54.7 Å². The second kappa shape index (κ2) is 7.32. The number of aliphatic hydroxyl groups is 1. The van der Waals surface area contributed by atoms with Gasteiger partial charge in [0.25, 0.3) is 0 Å². The minimum absolute atomic E-state index is 0.112. The van der Waals surface area contributed by atoms with Crippen molar-refractivity contribution in [3.05, 3.63) is 59.2 Å². The van der Waals surface area contributed by atoms with Crippen LogP contribution in [0.15, 0.2) is 42.5 Å². The molecular formula is C20H20O4. The predicted molar refractivity (Wildman–Crippen MR) is 92.6 cm³/mol. The molecule has 0 aliphatic carbocycles. The molecule has 0 saturated carbocycles. The molecule has 1 atom stereocenters. The summed E-state index contributed by atoms with van der Waals surface area (Å²) in [6, 6.07) is 10.9. The third kappa shape index (κ3) is 3.84. The molecule has 24 heavy (non-hydrogen) atoms. The second-order valence-corrected chi connectivity index (χ2v) is 5.99. The van der Waals surface area contributed by atoms with Gasteiger partial charge in [0, 0.05) is 0 Å². The zero-order chi connectivity index (χ0) is 16.9. The molecule has 0 amide bonds. The lowest BCUT2D eigenvalue weighted by molar-refractivity contribution is 0.111. The molecule has 2 aromatic rings. The van der Waals surface area contributed by atoms with E-state index in [0.29, 0.717) is 29.8 Å². The number of carbonyl (C=O) groups is 1. The number of phenols is 1. The Bertz CT molecular complexity index is 747. The molecule has 4 nitrogen and oxygen atoms in total. The highest BCUT2D eigenvalue weighted by atomic mass is 16.5. The Kier molecular flexibility index (Phi) is 4.96. The van der Waals surface area contributed by atoms with Crippen LogP contribution in [0.25, 0.3) is 6.08 Å². The van der Waals surface area contributed by atoms with E-state index in [4.69, 9.17) is 4.74 Å². The number of ether oxygens (including phenoxy) is 1. The van der Waals surface area contributed by atoms with Gasteiger partial charge in [0.2, 0.25) is 0 Å². The minimum atomic E-state index is -0.533. The Balaban J connectivity index is 2.03. The second-order valence-electron chi connectivity index (χ2n) is 5.99. The van der Waals surface area contributed by atoms with Crippen molar-refractivity contribution in [3.8, 4) is 17.2 Å². The summed E-state index contributed by atoms with van der Waals surface area (Å²) in [4.78, 5) is 11.3. The molecule has 0 radical (unpaired) electrons. The van der Waals surface area contributed by atoms with Crippen molar-refractivity contribution in [2.45, 2.75) is 31.8 Å². The Labute approximate surface area is 141 Å². The normalized spacial score (nSPS) is 19.0. The summed E-state index contributed by atoms with van der Waals surface area (Å²) >= 11 is 0. The van der Waals surface area contributed by atoms with Crippen LogP contribution >= 0.6 is 0 Å². The number of phenolic OH excluding ortho intramolecular Hbond substituents is 1. The molecule has 2 aromatic carbocycles. The number of hydrogen-bond donors (Lipinski definition) is 2. The van der Waals surface area contributed by atoms with Crippen LogP contribution in [0.4, 0.5) is 0 Å². The first-order chi connectivity index (χ1) is 11.7. The third-order valence-corrected chi connectivity index (χ3v) is 4.14. The topological polar surface area (TPSA) is 66.8 Å². The lowest BCUT2D eigenvalue weighted by atomic mass is 10.0. The molecule has 2 aliphatic heterocycles. The van der Waals surface area contributed by atoms with E-state index in [1.165, 1.54) is 11.6 Å². The maximum Gasteiger partial charge on any atom is 0.157 e. The highest BCUT2D eigenvalue weighted by Gasteiger charge is 2.12. The number of aliphatic hydroxyl groups excluding tert-OH is 1. The van der Waals surface area contributed by atoms with Crippen LogP contribution in [-0.2, 0) is 6.42 Å². The summed E-state index contributed by atoms with van der Waals surface area (Å²) in [7, 11) is 0. The minimum Gasteiger partial charge on any atom is -0.507 e. The van der Waals surface area contributed by atoms with Crippen LogP contribution in [0.3, 0.4) is 0 Å². The van der Waals surface area contributed by atoms with Crippen LogP contribution in [0.2, 0.25) is 0 Å². The van der Waals surface area contributed by atoms with Gasteiger partial charge in [0.15, 0.2) is 6.29 Å². The number of carbonyl (C=O) groups excluding carboxylic acids is 1. The number of rotatable bonds is 1. The summed E-state index contributed by atoms with van der Waals surface area (Å²) < 4.78 is 5.79. The summed E-state index contributed by atoms with van der Waals surface area (Å²) in [5.74, 6) is 0.761. The summed E-state index contributed by atoms with van der Waals surface area (Å²) in [6.45, 7) is 0. The predicted octanol–water partition coefficient (Wildman–Crippen LogP) is 4.10. The van der Waals surface area contributed by atoms with Crippen molar-refractivity contribution >= 4 is 12.4 Å². The maximum atomic E-state index is 11.3. The van der Waals surface area contributed by atoms with Crippen molar-refractivity contribution in [2.75, 3.05) is 0 Å². The molecule has 2 heterocycles. The number of aromatic hydroxyl groups is 1. The molecule has 4 bridgehead atoms. The molecule has 0 aromatic heterocycles. The van der Waals surface area contributed by atoms with Gasteiger partial charge in [0.05, 0.1) is 11.7 Å². The van der Waals surface area contributed by atoms with Gasteiger partial charge in [0.1, 0.15) is 17.2 Å². The fraction of sp³-hybridized carbons (Fsp3) is 0.250. The van der Waals surface area contributed by atoms with Crippen molar-refractivity contribution in [3.63, 3.8) is 0 Å². The van der Waals surface area contributed by atoms with E-state index in [0.717, 1.165) is 19.3 Å². The summed E-state index contributed by atoms with van der Waals surface area (Å²) in [6.07, 6.45) is 7.06. The van der Waals surface area contributed by atoms with Crippen LogP contribution in [0.1, 0.15) is 40.7 Å². The summed E-state index contributed by atoms with van der Waals surface area (Å²) in [5, 5.41) is 20.1. The van der Waals surface area contributed by atoms with E-state index in [1.807, 2.05) is 24.3 Å². The first kappa shape index (κ1) is 16.3. The van der Waals surface area contributed by atoms with Gasteiger partial charge >= 0.3 is 0 Å². The third-order valence-electron chi connectivity index (χ3n) is 4.14. The number of aryl methyl sites for hydroxylation is 1. The Hall–Kier alpha value is -2.59. The van der Waals surface area contributed by atoms with E-state index in [2.05, 4.69) is 0 Å². The van der Waals surface area contributed by atoms with E-state index in [-0.39, 0.29) is 11.3 Å². The standard InChI is InChI=1S/C20H20O4/c21-13-18-19(23)11-15-5-8-16(22)4-2-1-3-14-6-9-17(10-7-14)24-20(18)12-15/h5-13,16,22-23H,1-4H2/b8-5-/t16-/m1/s1. The summed E-state index contributed by atoms with van der Waals surface area (Å²) in [5.41, 5.74) is 1.98. The number of fused-ring (bicyclic) bond motifs is 7. The average molecular weight is 324 g/mol. The van der Waals surface area contributed by atoms with Crippen LogP contribution < -0.4 is 4.74 Å². The van der Waals surface area contributed by atoms with Gasteiger partial charge < -0.3 is 14.9 Å².